The Kier molecular flexibility index (Phi) is 9.73. The maximum atomic E-state index is 6.25. The van der Waals surface area contributed by atoms with Crippen LogP contribution in [0.5, 0.6) is 0 Å². The molecule has 0 bridgehead atoms. The normalized spacial score (nSPS) is 11.3. The molecule has 3 aromatic heterocycles. The van der Waals surface area contributed by atoms with Crippen LogP contribution in [-0.4, -0.2) is 19.1 Å². The molecule has 0 N–H and O–H groups in total. The van der Waals surface area contributed by atoms with Gasteiger partial charge in [0, 0.05) is 59.7 Å². The minimum atomic E-state index is 0.626. The van der Waals surface area contributed by atoms with Crippen molar-refractivity contribution in [3.05, 3.63) is 204 Å². The maximum absolute atomic E-state index is 6.25. The molecule has 6 heteroatoms. The van der Waals surface area contributed by atoms with E-state index in [1.165, 1.54) is 38.1 Å². The zero-order valence-corrected chi connectivity index (χ0v) is 34.5. The molecule has 0 aliphatic carbocycles. The number of hydrogen-bond donors (Lipinski definition) is 0. The fraction of sp³-hybridized carbons (Fsp3) is 0.0370. The highest BCUT2D eigenvalue weighted by Crippen LogP contribution is 2.39. The topological polar surface area (TPSA) is 35.6 Å². The Bertz CT molecular complexity index is 3270. The van der Waals surface area contributed by atoms with E-state index in [0.29, 0.717) is 15.9 Å². The van der Waals surface area contributed by atoms with Crippen molar-refractivity contribution in [2.24, 2.45) is 0 Å². The summed E-state index contributed by atoms with van der Waals surface area (Å²) >= 11 is 12.5. The van der Waals surface area contributed by atoms with Gasteiger partial charge in [0.15, 0.2) is 5.82 Å². The van der Waals surface area contributed by atoms with E-state index in [2.05, 4.69) is 149 Å². The molecule has 11 rings (SSSR count). The van der Waals surface area contributed by atoms with Crippen molar-refractivity contribution in [2.75, 3.05) is 0 Å². The Labute approximate surface area is 358 Å². The molecular formula is C54H38Cl2N4. The largest absolute Gasteiger partial charge is 0.309 e. The minimum absolute atomic E-state index is 0.626. The van der Waals surface area contributed by atoms with Gasteiger partial charge >= 0.3 is 0 Å². The zero-order chi connectivity index (χ0) is 40.7. The van der Waals surface area contributed by atoms with Crippen LogP contribution in [0.25, 0.3) is 100 Å². The Morgan fingerprint density at radius 1 is 0.333 bits per heavy atom. The van der Waals surface area contributed by atoms with Crippen LogP contribution < -0.4 is 0 Å². The molecular weight excluding hydrogens is 776 g/mol. The van der Waals surface area contributed by atoms with Crippen molar-refractivity contribution in [1.29, 1.82) is 0 Å². The van der Waals surface area contributed by atoms with E-state index in [1.807, 2.05) is 68.4 Å². The Balaban J connectivity index is 0.00000213. The first-order valence-corrected chi connectivity index (χ1v) is 21.0. The summed E-state index contributed by atoms with van der Waals surface area (Å²) < 4.78 is 4.73. The SMILES string of the molecule is CC.Clc1ccc(-c2cc(-c3ccc(-n4c5ccccc5c5ccc(-c6ccc7c(c6)c6ccccc6n7-c6ccccc6)cc54)cc3)nc(-c3ccc(Cl)cc3)n2)cc1. The van der Waals surface area contributed by atoms with Crippen molar-refractivity contribution in [3.63, 3.8) is 0 Å². The van der Waals surface area contributed by atoms with E-state index < -0.39 is 0 Å². The molecule has 11 aromatic rings. The lowest BCUT2D eigenvalue weighted by Crippen LogP contribution is -1.97. The van der Waals surface area contributed by atoms with E-state index >= 15 is 0 Å². The second-order valence-electron chi connectivity index (χ2n) is 14.5. The highest BCUT2D eigenvalue weighted by molar-refractivity contribution is 6.31. The first-order valence-electron chi connectivity index (χ1n) is 20.2. The van der Waals surface area contributed by atoms with E-state index in [-0.39, 0.29) is 0 Å². The van der Waals surface area contributed by atoms with E-state index in [0.717, 1.165) is 56.0 Å². The third-order valence-corrected chi connectivity index (χ3v) is 11.6. The first-order chi connectivity index (χ1) is 29.6. The molecule has 0 spiro atoms. The lowest BCUT2D eigenvalue weighted by molar-refractivity contribution is 1.17. The van der Waals surface area contributed by atoms with Gasteiger partial charge < -0.3 is 9.13 Å². The summed E-state index contributed by atoms with van der Waals surface area (Å²) in [7, 11) is 0. The molecule has 3 heterocycles. The number of aromatic nitrogens is 4. The van der Waals surface area contributed by atoms with Crippen molar-refractivity contribution in [2.45, 2.75) is 13.8 Å². The summed E-state index contributed by atoms with van der Waals surface area (Å²) in [6.45, 7) is 4.00. The van der Waals surface area contributed by atoms with Gasteiger partial charge in [0.1, 0.15) is 0 Å². The van der Waals surface area contributed by atoms with Gasteiger partial charge in [-0.15, -0.1) is 0 Å². The number of halogens is 2. The van der Waals surface area contributed by atoms with Crippen LogP contribution in [0.15, 0.2) is 194 Å². The van der Waals surface area contributed by atoms with Crippen LogP contribution in [0.3, 0.4) is 0 Å². The molecule has 0 fully saturated rings. The molecule has 0 radical (unpaired) electrons. The summed E-state index contributed by atoms with van der Waals surface area (Å²) in [5, 5.41) is 6.24. The number of rotatable bonds is 6. The van der Waals surface area contributed by atoms with Crippen LogP contribution in [0.1, 0.15) is 13.8 Å². The molecule has 0 amide bonds. The molecule has 0 atom stereocenters. The van der Waals surface area contributed by atoms with Crippen LogP contribution in [0.4, 0.5) is 0 Å². The molecule has 0 unspecified atom stereocenters. The lowest BCUT2D eigenvalue weighted by atomic mass is 10.0. The van der Waals surface area contributed by atoms with Gasteiger partial charge in [-0.05, 0) is 108 Å². The second kappa shape index (κ2) is 15.6. The smallest absolute Gasteiger partial charge is 0.160 e. The van der Waals surface area contributed by atoms with Crippen LogP contribution in [0.2, 0.25) is 10.0 Å². The van der Waals surface area contributed by atoms with E-state index in [9.17, 15) is 0 Å². The molecule has 0 saturated heterocycles. The minimum Gasteiger partial charge on any atom is -0.309 e. The average molecular weight is 814 g/mol. The Hall–Kier alpha value is -6.98. The molecule has 60 heavy (non-hydrogen) atoms. The average Bonchev–Trinajstić information content (AvgIpc) is 3.82. The van der Waals surface area contributed by atoms with Gasteiger partial charge in [0.05, 0.1) is 33.5 Å². The molecule has 8 aromatic carbocycles. The number of para-hydroxylation sites is 3. The maximum Gasteiger partial charge on any atom is 0.160 e. The van der Waals surface area contributed by atoms with Crippen LogP contribution in [0, 0.1) is 0 Å². The lowest BCUT2D eigenvalue weighted by Gasteiger charge is -2.12. The summed E-state index contributed by atoms with van der Waals surface area (Å²) in [6.07, 6.45) is 0. The molecule has 0 saturated carbocycles. The zero-order valence-electron chi connectivity index (χ0n) is 33.0. The number of nitrogens with zero attached hydrogens (tertiary/aromatic N) is 4. The molecule has 0 aliphatic rings. The van der Waals surface area contributed by atoms with Gasteiger partial charge in [-0.2, -0.15) is 0 Å². The molecule has 4 nitrogen and oxygen atoms in total. The van der Waals surface area contributed by atoms with E-state index in [1.54, 1.807) is 0 Å². The standard InChI is InChI=1S/C52H32Cl2N4.C2H6/c53-38-22-14-33(15-23-38)46-32-47(56-52(55-46)35-16-24-39(54)25-17-35)34-18-26-41(27-19-34)58-48-12-6-4-10-42(48)44-28-20-37(31-51(44)58)36-21-29-50-45(30-36)43-11-5-7-13-49(43)57(50)40-8-2-1-3-9-40;1-2/h1-32H;1-2H3. The number of hydrogen-bond acceptors (Lipinski definition) is 2. The highest BCUT2D eigenvalue weighted by Gasteiger charge is 2.17. The quantitative estimate of drug-likeness (QED) is 0.168. The first kappa shape index (κ1) is 37.3. The van der Waals surface area contributed by atoms with Gasteiger partial charge in [-0.3, -0.25) is 0 Å². The third kappa shape index (κ3) is 6.61. The highest BCUT2D eigenvalue weighted by atomic mass is 35.5. The van der Waals surface area contributed by atoms with Gasteiger partial charge in [0.2, 0.25) is 0 Å². The van der Waals surface area contributed by atoms with E-state index in [4.69, 9.17) is 33.2 Å². The third-order valence-electron chi connectivity index (χ3n) is 11.1. The number of benzene rings is 8. The van der Waals surface area contributed by atoms with Crippen molar-refractivity contribution in [3.8, 4) is 56.4 Å². The summed E-state index contributed by atoms with van der Waals surface area (Å²) in [4.78, 5) is 10.0. The monoisotopic (exact) mass is 812 g/mol. The van der Waals surface area contributed by atoms with Crippen molar-refractivity contribution in [1.82, 2.24) is 19.1 Å². The summed E-state index contributed by atoms with van der Waals surface area (Å²) in [5.41, 5.74) is 13.7. The van der Waals surface area contributed by atoms with Crippen LogP contribution in [-0.2, 0) is 0 Å². The Morgan fingerprint density at radius 3 is 1.40 bits per heavy atom. The van der Waals surface area contributed by atoms with Crippen LogP contribution >= 0.6 is 23.2 Å². The summed E-state index contributed by atoms with van der Waals surface area (Å²) in [5.74, 6) is 0.626. The predicted octanol–water partition coefficient (Wildman–Crippen LogP) is 15.7. The molecule has 0 aliphatic heterocycles. The second-order valence-corrected chi connectivity index (χ2v) is 15.4. The van der Waals surface area contributed by atoms with Gasteiger partial charge in [0.25, 0.3) is 0 Å². The predicted molar refractivity (Wildman–Crippen MR) is 254 cm³/mol. The Morgan fingerprint density at radius 2 is 0.767 bits per heavy atom. The van der Waals surface area contributed by atoms with Crippen molar-refractivity contribution < 1.29 is 0 Å². The molecule has 288 valence electrons. The fourth-order valence-corrected chi connectivity index (χ4v) is 8.56. The summed E-state index contributed by atoms with van der Waals surface area (Å²) in [6, 6.07) is 67.7. The van der Waals surface area contributed by atoms with Gasteiger partial charge in [-0.1, -0.05) is 134 Å². The number of fused-ring (bicyclic) bond motifs is 6. The van der Waals surface area contributed by atoms with Crippen molar-refractivity contribution >= 4 is 66.8 Å². The fourth-order valence-electron chi connectivity index (χ4n) is 8.31. The van der Waals surface area contributed by atoms with Gasteiger partial charge in [-0.25, -0.2) is 9.97 Å².